The van der Waals surface area contributed by atoms with Crippen molar-refractivity contribution in [3.05, 3.63) is 22.4 Å². The Morgan fingerprint density at radius 3 is 2.79 bits per heavy atom. The molecule has 108 valence electrons. The normalized spacial score (nSPS) is 17.0. The number of unbranched alkanes of at least 4 members (excludes halogenated alkanes) is 3. The second-order valence-electron chi connectivity index (χ2n) is 5.81. The summed E-state index contributed by atoms with van der Waals surface area (Å²) in [7, 11) is 2.25. The molecule has 19 heavy (non-hydrogen) atoms. The molecule has 1 N–H and O–H groups in total. The minimum atomic E-state index is 0.566. The average Bonchev–Trinajstić information content (AvgIpc) is 3.08. The quantitative estimate of drug-likeness (QED) is 0.650. The van der Waals surface area contributed by atoms with E-state index in [1.165, 1.54) is 56.5 Å². The first-order chi connectivity index (χ1) is 9.27. The second-order valence-corrected chi connectivity index (χ2v) is 6.79. The Kier molecular flexibility index (Phi) is 6.35. The van der Waals surface area contributed by atoms with E-state index in [4.69, 9.17) is 0 Å². The van der Waals surface area contributed by atoms with Crippen LogP contribution in [0, 0.1) is 0 Å². The molecule has 1 aromatic rings. The van der Waals surface area contributed by atoms with Crippen LogP contribution in [0.3, 0.4) is 0 Å². The van der Waals surface area contributed by atoms with Gasteiger partial charge in [0.15, 0.2) is 0 Å². The van der Waals surface area contributed by atoms with Gasteiger partial charge < -0.3 is 5.32 Å². The van der Waals surface area contributed by atoms with Gasteiger partial charge in [0.05, 0.1) is 0 Å². The van der Waals surface area contributed by atoms with Crippen molar-refractivity contribution >= 4 is 11.3 Å². The van der Waals surface area contributed by atoms with Crippen molar-refractivity contribution in [3.8, 4) is 0 Å². The Bertz CT molecular complexity index is 333. The van der Waals surface area contributed by atoms with Crippen LogP contribution in [-0.2, 0) is 0 Å². The van der Waals surface area contributed by atoms with Gasteiger partial charge in [-0.1, -0.05) is 18.9 Å². The van der Waals surface area contributed by atoms with E-state index < -0.39 is 0 Å². The molecule has 1 aliphatic carbocycles. The minimum Gasteiger partial charge on any atom is -0.314 e. The molecule has 0 aromatic carbocycles. The summed E-state index contributed by atoms with van der Waals surface area (Å²) in [5.74, 6) is 0. The van der Waals surface area contributed by atoms with Gasteiger partial charge in [0.2, 0.25) is 0 Å². The lowest BCUT2D eigenvalue weighted by atomic mass is 10.1. The molecule has 0 saturated heterocycles. The molecule has 1 heterocycles. The Hall–Kier alpha value is -0.380. The van der Waals surface area contributed by atoms with Crippen LogP contribution in [0.1, 0.15) is 56.4 Å². The zero-order valence-corrected chi connectivity index (χ0v) is 13.2. The summed E-state index contributed by atoms with van der Waals surface area (Å²) < 4.78 is 0. The Balaban J connectivity index is 1.47. The fourth-order valence-electron chi connectivity index (χ4n) is 2.37. The molecule has 0 radical (unpaired) electrons. The Morgan fingerprint density at radius 2 is 2.11 bits per heavy atom. The van der Waals surface area contributed by atoms with Crippen LogP contribution < -0.4 is 5.32 Å². The van der Waals surface area contributed by atoms with E-state index >= 15 is 0 Å². The maximum atomic E-state index is 3.58. The summed E-state index contributed by atoms with van der Waals surface area (Å²) in [6, 6.07) is 5.83. The summed E-state index contributed by atoms with van der Waals surface area (Å²) in [4.78, 5) is 3.96. The molecule has 1 saturated carbocycles. The summed E-state index contributed by atoms with van der Waals surface area (Å²) >= 11 is 1.87. The van der Waals surface area contributed by atoms with Crippen molar-refractivity contribution < 1.29 is 0 Å². The molecule has 0 amide bonds. The lowest BCUT2D eigenvalue weighted by Gasteiger charge is -2.23. The molecule has 1 aliphatic rings. The predicted molar refractivity (Wildman–Crippen MR) is 84.9 cm³/mol. The SMILES string of the molecule is CC(c1cccs1)N(C)CCCCCCNC1CC1. The van der Waals surface area contributed by atoms with Gasteiger partial charge in [0.1, 0.15) is 0 Å². The molecule has 0 bridgehead atoms. The van der Waals surface area contributed by atoms with E-state index in [-0.39, 0.29) is 0 Å². The molecule has 2 nitrogen and oxygen atoms in total. The number of hydrogen-bond donors (Lipinski definition) is 1. The molecule has 2 rings (SSSR count). The third kappa shape index (κ3) is 5.64. The van der Waals surface area contributed by atoms with Crippen molar-refractivity contribution in [3.63, 3.8) is 0 Å². The average molecular weight is 280 g/mol. The fraction of sp³-hybridized carbons (Fsp3) is 0.750. The van der Waals surface area contributed by atoms with Gasteiger partial charge in [0, 0.05) is 17.0 Å². The lowest BCUT2D eigenvalue weighted by molar-refractivity contribution is 0.258. The van der Waals surface area contributed by atoms with E-state index in [2.05, 4.69) is 41.7 Å². The highest BCUT2D eigenvalue weighted by atomic mass is 32.1. The lowest BCUT2D eigenvalue weighted by Crippen LogP contribution is -2.23. The van der Waals surface area contributed by atoms with Gasteiger partial charge in [-0.3, -0.25) is 4.90 Å². The summed E-state index contributed by atoms with van der Waals surface area (Å²) in [6.45, 7) is 4.76. The van der Waals surface area contributed by atoms with E-state index in [0.29, 0.717) is 6.04 Å². The topological polar surface area (TPSA) is 15.3 Å². The Labute approximate surface area is 122 Å². The Morgan fingerprint density at radius 1 is 1.32 bits per heavy atom. The standard InChI is InChI=1S/C16H28N2S/c1-14(16-8-7-13-19-16)18(2)12-6-4-3-5-11-17-15-9-10-15/h7-8,13-15,17H,3-6,9-12H2,1-2H3. The van der Waals surface area contributed by atoms with Crippen LogP contribution in [0.4, 0.5) is 0 Å². The molecule has 3 heteroatoms. The van der Waals surface area contributed by atoms with Crippen LogP contribution in [0.25, 0.3) is 0 Å². The molecule has 1 atom stereocenters. The molecule has 1 fully saturated rings. The van der Waals surface area contributed by atoms with Crippen molar-refractivity contribution in [2.45, 2.75) is 57.5 Å². The van der Waals surface area contributed by atoms with Crippen LogP contribution in [0.5, 0.6) is 0 Å². The molecular formula is C16H28N2S. The summed E-state index contributed by atoms with van der Waals surface area (Å²) in [5, 5.41) is 5.76. The largest absolute Gasteiger partial charge is 0.314 e. The molecule has 0 aliphatic heterocycles. The van der Waals surface area contributed by atoms with E-state index in [0.717, 1.165) is 6.04 Å². The second kappa shape index (κ2) is 8.03. The number of nitrogens with zero attached hydrogens (tertiary/aromatic N) is 1. The zero-order chi connectivity index (χ0) is 13.5. The summed E-state index contributed by atoms with van der Waals surface area (Å²) in [6.07, 6.45) is 8.24. The number of hydrogen-bond acceptors (Lipinski definition) is 3. The maximum absolute atomic E-state index is 3.58. The third-order valence-electron chi connectivity index (χ3n) is 4.06. The molecule has 1 aromatic heterocycles. The van der Waals surface area contributed by atoms with E-state index in [1.54, 1.807) is 0 Å². The maximum Gasteiger partial charge on any atom is 0.0410 e. The first-order valence-corrected chi connectivity index (χ1v) is 8.62. The van der Waals surface area contributed by atoms with Crippen molar-refractivity contribution in [1.29, 1.82) is 0 Å². The van der Waals surface area contributed by atoms with Crippen LogP contribution in [0.2, 0.25) is 0 Å². The monoisotopic (exact) mass is 280 g/mol. The highest BCUT2D eigenvalue weighted by Gasteiger charge is 2.19. The van der Waals surface area contributed by atoms with Gasteiger partial charge in [0.25, 0.3) is 0 Å². The molecule has 0 spiro atoms. The molecular weight excluding hydrogens is 252 g/mol. The highest BCUT2D eigenvalue weighted by Crippen LogP contribution is 2.23. The van der Waals surface area contributed by atoms with Gasteiger partial charge in [-0.05, 0) is 64.2 Å². The number of rotatable bonds is 10. The third-order valence-corrected chi connectivity index (χ3v) is 5.11. The number of thiophene rings is 1. The van der Waals surface area contributed by atoms with Gasteiger partial charge in [-0.15, -0.1) is 11.3 Å². The van der Waals surface area contributed by atoms with Crippen molar-refractivity contribution in [2.24, 2.45) is 0 Å². The van der Waals surface area contributed by atoms with Gasteiger partial charge >= 0.3 is 0 Å². The van der Waals surface area contributed by atoms with Gasteiger partial charge in [-0.2, -0.15) is 0 Å². The highest BCUT2D eigenvalue weighted by molar-refractivity contribution is 7.10. The first-order valence-electron chi connectivity index (χ1n) is 7.74. The smallest absolute Gasteiger partial charge is 0.0410 e. The first kappa shape index (κ1) is 15.0. The fourth-order valence-corrected chi connectivity index (χ4v) is 3.22. The van der Waals surface area contributed by atoms with Crippen LogP contribution >= 0.6 is 11.3 Å². The van der Waals surface area contributed by atoms with Gasteiger partial charge in [-0.25, -0.2) is 0 Å². The molecule has 1 unspecified atom stereocenters. The van der Waals surface area contributed by atoms with Crippen LogP contribution in [-0.4, -0.2) is 31.1 Å². The zero-order valence-electron chi connectivity index (χ0n) is 12.4. The van der Waals surface area contributed by atoms with E-state index in [1.807, 2.05) is 11.3 Å². The summed E-state index contributed by atoms with van der Waals surface area (Å²) in [5.41, 5.74) is 0. The van der Waals surface area contributed by atoms with E-state index in [9.17, 15) is 0 Å². The predicted octanol–water partition coefficient (Wildman–Crippen LogP) is 4.05. The van der Waals surface area contributed by atoms with Crippen molar-refractivity contribution in [2.75, 3.05) is 20.1 Å². The number of nitrogens with one attached hydrogen (secondary N) is 1. The minimum absolute atomic E-state index is 0.566. The van der Waals surface area contributed by atoms with Crippen LogP contribution in [0.15, 0.2) is 17.5 Å². The van der Waals surface area contributed by atoms with Crippen molar-refractivity contribution in [1.82, 2.24) is 10.2 Å².